The Morgan fingerprint density at radius 2 is 2.03 bits per heavy atom. The number of nitrogens with one attached hydrogen (secondary N) is 1. The molecule has 2 atom stereocenters. The number of aromatic nitrogens is 1. The Morgan fingerprint density at radius 3 is 2.67 bits per heavy atom. The Bertz CT molecular complexity index is 1050. The van der Waals surface area contributed by atoms with E-state index in [1.807, 2.05) is 0 Å². The number of benzene rings is 1. The molecule has 1 aliphatic rings. The number of hydrogen-bond acceptors (Lipinski definition) is 6. The fourth-order valence-electron chi connectivity index (χ4n) is 3.33. The molecule has 0 saturated heterocycles. The number of carbonyl (C=O) groups excluding carboxylic acids is 1. The molecule has 8 heteroatoms. The van der Waals surface area contributed by atoms with E-state index in [0.29, 0.717) is 32.4 Å². The van der Waals surface area contributed by atoms with Crippen molar-refractivity contribution >= 4 is 28.7 Å². The van der Waals surface area contributed by atoms with Gasteiger partial charge in [-0.25, -0.2) is 4.79 Å². The van der Waals surface area contributed by atoms with Crippen LogP contribution in [0.4, 0.5) is 0 Å². The third-order valence-corrected chi connectivity index (χ3v) is 6.36. The number of rotatable bonds is 6. The van der Waals surface area contributed by atoms with E-state index in [2.05, 4.69) is 16.4 Å². The predicted octanol–water partition coefficient (Wildman–Crippen LogP) is 3.84. The number of halogens is 1. The van der Waals surface area contributed by atoms with Crippen molar-refractivity contribution in [1.29, 1.82) is 5.26 Å². The van der Waals surface area contributed by atoms with Gasteiger partial charge in [-0.15, -0.1) is 0 Å². The Balaban J connectivity index is 2.14. The molecular weight excluding hydrogens is 422 g/mol. The number of pyridine rings is 1. The van der Waals surface area contributed by atoms with Gasteiger partial charge in [0.1, 0.15) is 0 Å². The van der Waals surface area contributed by atoms with Gasteiger partial charge in [-0.05, 0) is 36.7 Å². The van der Waals surface area contributed by atoms with E-state index in [1.165, 1.54) is 0 Å². The number of hydrogen-bond donors (Lipinski definition) is 1. The fourth-order valence-corrected chi connectivity index (χ4v) is 4.66. The van der Waals surface area contributed by atoms with Gasteiger partial charge in [0.2, 0.25) is 0 Å². The topological polar surface area (TPSA) is 98.1 Å². The average molecular weight is 442 g/mol. The van der Waals surface area contributed by atoms with Crippen molar-refractivity contribution in [1.82, 2.24) is 10.3 Å². The molecule has 2 unspecified atom stereocenters. The van der Waals surface area contributed by atoms with Crippen LogP contribution in [-0.2, 0) is 20.7 Å². The highest BCUT2D eigenvalue weighted by molar-refractivity contribution is 7.91. The van der Waals surface area contributed by atoms with Crippen molar-refractivity contribution in [3.8, 4) is 6.07 Å². The van der Waals surface area contributed by atoms with Gasteiger partial charge >= 0.3 is 5.97 Å². The quantitative estimate of drug-likeness (QED) is 0.540. The van der Waals surface area contributed by atoms with E-state index >= 15 is 0 Å². The van der Waals surface area contributed by atoms with Crippen LogP contribution < -0.4 is 5.32 Å². The number of allylic oxidation sites excluding steroid dienone is 2. The molecule has 0 spiro atoms. The first-order chi connectivity index (χ1) is 14.5. The van der Waals surface area contributed by atoms with Gasteiger partial charge in [-0.2, -0.15) is 5.26 Å². The summed E-state index contributed by atoms with van der Waals surface area (Å²) in [5.41, 5.74) is 2.26. The first-order valence-corrected chi connectivity index (χ1v) is 11.0. The van der Waals surface area contributed by atoms with E-state index in [0.717, 1.165) is 0 Å². The Hall–Kier alpha value is -2.79. The molecule has 2 aromatic rings. The summed E-state index contributed by atoms with van der Waals surface area (Å²) in [7, 11) is 0. The van der Waals surface area contributed by atoms with Crippen LogP contribution in [0.15, 0.2) is 76.2 Å². The highest BCUT2D eigenvalue weighted by Gasteiger charge is 2.37. The number of esters is 1. The SMILES string of the molecule is CCOC(=O)C1=C(C[S+]([O-])c2ccncc2)NC(C)=C(C#N)C1c1ccccc1Cl. The summed E-state index contributed by atoms with van der Waals surface area (Å²) in [4.78, 5) is 17.5. The molecule has 6 nitrogen and oxygen atoms in total. The molecule has 0 radical (unpaired) electrons. The third-order valence-electron chi connectivity index (χ3n) is 4.66. The standard InChI is InChI=1S/C22H20ClN3O3S/c1-3-29-22(27)21-19(13-30(28)15-8-10-25-11-9-15)26-14(2)17(12-24)20(21)16-6-4-5-7-18(16)23/h4-11,20,26H,3,13H2,1-2H3. The van der Waals surface area contributed by atoms with Crippen LogP contribution in [0, 0.1) is 11.3 Å². The monoisotopic (exact) mass is 441 g/mol. The van der Waals surface area contributed by atoms with Crippen molar-refractivity contribution in [2.24, 2.45) is 0 Å². The lowest BCUT2D eigenvalue weighted by atomic mass is 9.81. The van der Waals surface area contributed by atoms with Gasteiger partial charge < -0.3 is 14.6 Å². The molecule has 30 heavy (non-hydrogen) atoms. The smallest absolute Gasteiger partial charge is 0.336 e. The minimum atomic E-state index is -1.43. The number of carbonyl (C=O) groups is 1. The first-order valence-electron chi connectivity index (χ1n) is 9.28. The molecule has 0 fully saturated rings. The van der Waals surface area contributed by atoms with Crippen LogP contribution in [0.5, 0.6) is 0 Å². The van der Waals surface area contributed by atoms with Crippen molar-refractivity contribution in [2.75, 3.05) is 12.4 Å². The summed E-state index contributed by atoms with van der Waals surface area (Å²) in [6.45, 7) is 3.63. The van der Waals surface area contributed by atoms with Gasteiger partial charge in [0.25, 0.3) is 0 Å². The van der Waals surface area contributed by atoms with Crippen molar-refractivity contribution in [3.05, 3.63) is 81.9 Å². The molecule has 1 aliphatic heterocycles. The number of dihydropyridines is 1. The second-order valence-electron chi connectivity index (χ2n) is 6.52. The minimum Gasteiger partial charge on any atom is -0.611 e. The summed E-state index contributed by atoms with van der Waals surface area (Å²) in [5, 5.41) is 13.4. The maximum absolute atomic E-state index is 13.0. The van der Waals surface area contributed by atoms with Crippen LogP contribution in [-0.4, -0.2) is 27.9 Å². The summed E-state index contributed by atoms with van der Waals surface area (Å²) >= 11 is 5.00. The zero-order valence-electron chi connectivity index (χ0n) is 16.5. The second kappa shape index (κ2) is 9.81. The van der Waals surface area contributed by atoms with E-state index in [-0.39, 0.29) is 17.9 Å². The Kier molecular flexibility index (Phi) is 7.16. The molecule has 0 aliphatic carbocycles. The van der Waals surface area contributed by atoms with E-state index in [1.54, 1.807) is 62.6 Å². The Labute approximate surface area is 183 Å². The summed E-state index contributed by atoms with van der Waals surface area (Å²) in [5.74, 6) is -1.24. The van der Waals surface area contributed by atoms with E-state index in [9.17, 15) is 14.6 Å². The second-order valence-corrected chi connectivity index (χ2v) is 8.37. The van der Waals surface area contributed by atoms with Crippen LogP contribution in [0.2, 0.25) is 5.02 Å². The van der Waals surface area contributed by atoms with Gasteiger partial charge in [0, 0.05) is 35.2 Å². The van der Waals surface area contributed by atoms with Crippen LogP contribution in [0.1, 0.15) is 25.3 Å². The largest absolute Gasteiger partial charge is 0.611 e. The lowest BCUT2D eigenvalue weighted by molar-refractivity contribution is -0.138. The molecule has 1 aromatic heterocycles. The molecule has 0 amide bonds. The van der Waals surface area contributed by atoms with Gasteiger partial charge in [0.05, 0.1) is 35.4 Å². The maximum atomic E-state index is 13.0. The van der Waals surface area contributed by atoms with E-state index < -0.39 is 23.1 Å². The number of nitrogens with zero attached hydrogens (tertiary/aromatic N) is 2. The van der Waals surface area contributed by atoms with Gasteiger partial charge in [-0.3, -0.25) is 4.98 Å². The van der Waals surface area contributed by atoms with Gasteiger partial charge in [-0.1, -0.05) is 29.8 Å². The highest BCUT2D eigenvalue weighted by Crippen LogP contribution is 2.41. The van der Waals surface area contributed by atoms with Crippen LogP contribution in [0.3, 0.4) is 0 Å². The summed E-state index contributed by atoms with van der Waals surface area (Å²) in [6, 6.07) is 12.6. The molecule has 1 N–H and O–H groups in total. The Morgan fingerprint density at radius 1 is 1.33 bits per heavy atom. The molecule has 2 heterocycles. The maximum Gasteiger partial charge on any atom is 0.336 e. The minimum absolute atomic E-state index is 0.0508. The predicted molar refractivity (Wildman–Crippen MR) is 115 cm³/mol. The first kappa shape index (κ1) is 21.9. The number of ether oxygens (including phenoxy) is 1. The number of nitriles is 1. The lowest BCUT2D eigenvalue weighted by Gasteiger charge is -2.30. The zero-order valence-corrected chi connectivity index (χ0v) is 18.1. The van der Waals surface area contributed by atoms with Crippen molar-refractivity contribution < 1.29 is 14.1 Å². The highest BCUT2D eigenvalue weighted by atomic mass is 35.5. The summed E-state index contributed by atoms with van der Waals surface area (Å²) < 4.78 is 18.3. The van der Waals surface area contributed by atoms with Gasteiger partial charge in [0.15, 0.2) is 10.6 Å². The molecule has 0 bridgehead atoms. The molecule has 3 rings (SSSR count). The fraction of sp³-hybridized carbons (Fsp3) is 0.227. The molecule has 0 saturated carbocycles. The normalized spacial score (nSPS) is 17.2. The third kappa shape index (κ3) is 4.51. The molecular formula is C22H20ClN3O3S. The van der Waals surface area contributed by atoms with Crippen LogP contribution >= 0.6 is 11.6 Å². The summed E-state index contributed by atoms with van der Waals surface area (Å²) in [6.07, 6.45) is 3.13. The zero-order chi connectivity index (χ0) is 21.7. The van der Waals surface area contributed by atoms with Crippen LogP contribution in [0.25, 0.3) is 0 Å². The van der Waals surface area contributed by atoms with E-state index in [4.69, 9.17) is 16.3 Å². The lowest BCUT2D eigenvalue weighted by Crippen LogP contribution is -2.33. The molecule has 1 aromatic carbocycles. The van der Waals surface area contributed by atoms with Crippen molar-refractivity contribution in [3.63, 3.8) is 0 Å². The average Bonchev–Trinajstić information content (AvgIpc) is 2.74. The molecule has 154 valence electrons. The van der Waals surface area contributed by atoms with Crippen molar-refractivity contribution in [2.45, 2.75) is 24.7 Å².